The second-order valence-corrected chi connectivity index (χ2v) is 7.64. The zero-order valence-electron chi connectivity index (χ0n) is 16.3. The molecule has 0 radical (unpaired) electrons. The molecule has 1 fully saturated rings. The Labute approximate surface area is 161 Å². The lowest BCUT2D eigenvalue weighted by Crippen LogP contribution is -2.28. The molecule has 0 bridgehead atoms. The van der Waals surface area contributed by atoms with Crippen molar-refractivity contribution in [3.8, 4) is 16.9 Å². The first-order valence-electron chi connectivity index (χ1n) is 10.2. The van der Waals surface area contributed by atoms with Crippen molar-refractivity contribution in [1.82, 2.24) is 0 Å². The number of halogens is 1. The number of carbonyl (C=O) groups excluding carboxylic acids is 1. The molecule has 2 aromatic carbocycles. The third-order valence-electron chi connectivity index (χ3n) is 6.07. The van der Waals surface area contributed by atoms with Gasteiger partial charge in [-0.2, -0.15) is 0 Å². The third-order valence-corrected chi connectivity index (χ3v) is 6.07. The molecule has 144 valence electrons. The van der Waals surface area contributed by atoms with Gasteiger partial charge in [0, 0.05) is 0 Å². The Kier molecular flexibility index (Phi) is 6.65. The molecule has 1 saturated carbocycles. The van der Waals surface area contributed by atoms with Gasteiger partial charge >= 0.3 is 5.97 Å². The van der Waals surface area contributed by atoms with Crippen LogP contribution < -0.4 is 4.74 Å². The molecule has 0 heterocycles. The van der Waals surface area contributed by atoms with Crippen LogP contribution in [0.2, 0.25) is 0 Å². The molecule has 0 saturated heterocycles. The number of hydrogen-bond donors (Lipinski definition) is 0. The highest BCUT2D eigenvalue weighted by Gasteiger charge is 2.30. The summed E-state index contributed by atoms with van der Waals surface area (Å²) in [5.41, 5.74) is 1.91. The van der Waals surface area contributed by atoms with Crippen LogP contribution in [0.5, 0.6) is 5.75 Å². The van der Waals surface area contributed by atoms with Crippen molar-refractivity contribution in [3.05, 3.63) is 54.3 Å². The lowest BCUT2D eigenvalue weighted by molar-refractivity contribution is -0.140. The van der Waals surface area contributed by atoms with Gasteiger partial charge in [-0.3, -0.25) is 4.79 Å². The first-order valence-corrected chi connectivity index (χ1v) is 10.2. The Morgan fingerprint density at radius 2 is 1.44 bits per heavy atom. The van der Waals surface area contributed by atoms with Crippen LogP contribution in [-0.4, -0.2) is 5.97 Å². The lowest BCUT2D eigenvalue weighted by Gasteiger charge is -2.32. The van der Waals surface area contributed by atoms with E-state index in [9.17, 15) is 9.18 Å². The Bertz CT molecular complexity index is 724. The number of esters is 1. The molecule has 3 rings (SSSR count). The summed E-state index contributed by atoms with van der Waals surface area (Å²) < 4.78 is 18.7. The topological polar surface area (TPSA) is 26.3 Å². The third kappa shape index (κ3) is 4.97. The number of ether oxygens (including phenoxy) is 1. The van der Waals surface area contributed by atoms with Crippen LogP contribution in [0.15, 0.2) is 48.5 Å². The van der Waals surface area contributed by atoms with E-state index in [0.717, 1.165) is 48.6 Å². The molecule has 0 unspecified atom stereocenters. The minimum absolute atomic E-state index is 0.0207. The monoisotopic (exact) mass is 368 g/mol. The van der Waals surface area contributed by atoms with Gasteiger partial charge in [-0.25, -0.2) is 4.39 Å². The molecular formula is C24H29FO2. The van der Waals surface area contributed by atoms with E-state index in [1.165, 1.54) is 25.0 Å². The summed E-state index contributed by atoms with van der Waals surface area (Å²) in [6.45, 7) is 4.54. The van der Waals surface area contributed by atoms with E-state index in [4.69, 9.17) is 4.74 Å². The second-order valence-electron chi connectivity index (χ2n) is 7.64. The molecule has 0 spiro atoms. The van der Waals surface area contributed by atoms with Crippen LogP contribution >= 0.6 is 0 Å². The fraction of sp³-hybridized carbons (Fsp3) is 0.458. The van der Waals surface area contributed by atoms with E-state index in [-0.39, 0.29) is 17.7 Å². The SMILES string of the molecule is CCC(CC)C1CCC(C(=O)Oc2ccc(-c3ccc(F)cc3)cc2)CC1. The first kappa shape index (κ1) is 19.6. The molecule has 0 atom stereocenters. The van der Waals surface area contributed by atoms with Gasteiger partial charge in [0.05, 0.1) is 5.92 Å². The van der Waals surface area contributed by atoms with Crippen molar-refractivity contribution in [2.24, 2.45) is 17.8 Å². The summed E-state index contributed by atoms with van der Waals surface area (Å²) in [4.78, 5) is 12.5. The Morgan fingerprint density at radius 3 is 1.96 bits per heavy atom. The van der Waals surface area contributed by atoms with Crippen LogP contribution in [-0.2, 0) is 4.79 Å². The Balaban J connectivity index is 1.55. The highest BCUT2D eigenvalue weighted by atomic mass is 19.1. The predicted octanol–water partition coefficient (Wildman–Crippen LogP) is 6.64. The van der Waals surface area contributed by atoms with Crippen molar-refractivity contribution in [3.63, 3.8) is 0 Å². The summed E-state index contributed by atoms with van der Waals surface area (Å²) in [7, 11) is 0. The maximum atomic E-state index is 13.0. The molecule has 0 N–H and O–H groups in total. The van der Waals surface area contributed by atoms with Gasteiger partial charge in [0.2, 0.25) is 0 Å². The van der Waals surface area contributed by atoms with Gasteiger partial charge in [-0.1, -0.05) is 51.0 Å². The van der Waals surface area contributed by atoms with E-state index in [1.54, 1.807) is 12.1 Å². The number of rotatable bonds is 6. The fourth-order valence-corrected chi connectivity index (χ4v) is 4.34. The van der Waals surface area contributed by atoms with Crippen LogP contribution in [0.3, 0.4) is 0 Å². The molecular weight excluding hydrogens is 339 g/mol. The average molecular weight is 368 g/mol. The van der Waals surface area contributed by atoms with Gasteiger partial charge in [0.1, 0.15) is 11.6 Å². The number of carbonyl (C=O) groups is 1. The second kappa shape index (κ2) is 9.16. The predicted molar refractivity (Wildman–Crippen MR) is 107 cm³/mol. The van der Waals surface area contributed by atoms with Gasteiger partial charge in [0.25, 0.3) is 0 Å². The smallest absolute Gasteiger partial charge is 0.314 e. The zero-order chi connectivity index (χ0) is 19.2. The molecule has 2 nitrogen and oxygen atoms in total. The van der Waals surface area contributed by atoms with Crippen molar-refractivity contribution >= 4 is 5.97 Å². The van der Waals surface area contributed by atoms with Gasteiger partial charge < -0.3 is 4.74 Å². The quantitative estimate of drug-likeness (QED) is 0.422. The van der Waals surface area contributed by atoms with Crippen molar-refractivity contribution < 1.29 is 13.9 Å². The summed E-state index contributed by atoms with van der Waals surface area (Å²) in [6, 6.07) is 13.8. The lowest BCUT2D eigenvalue weighted by atomic mass is 9.74. The molecule has 0 aliphatic heterocycles. The van der Waals surface area contributed by atoms with E-state index in [2.05, 4.69) is 13.8 Å². The number of benzene rings is 2. The maximum Gasteiger partial charge on any atom is 0.314 e. The first-order chi connectivity index (χ1) is 13.1. The minimum Gasteiger partial charge on any atom is -0.426 e. The normalized spacial score (nSPS) is 19.9. The van der Waals surface area contributed by atoms with E-state index < -0.39 is 0 Å². The van der Waals surface area contributed by atoms with E-state index >= 15 is 0 Å². The summed E-state index contributed by atoms with van der Waals surface area (Å²) in [5, 5.41) is 0. The van der Waals surface area contributed by atoms with Crippen LogP contribution in [0.4, 0.5) is 4.39 Å². The number of hydrogen-bond acceptors (Lipinski definition) is 2. The highest BCUT2D eigenvalue weighted by molar-refractivity contribution is 5.75. The summed E-state index contributed by atoms with van der Waals surface area (Å²) in [5.74, 6) is 1.80. The Hall–Kier alpha value is -2.16. The molecule has 1 aliphatic rings. The molecule has 0 amide bonds. The van der Waals surface area contributed by atoms with Gasteiger partial charge in [-0.05, 0) is 72.9 Å². The minimum atomic E-state index is -0.247. The summed E-state index contributed by atoms with van der Waals surface area (Å²) >= 11 is 0. The molecule has 1 aliphatic carbocycles. The standard InChI is InChI=1S/C24H29FO2/c1-3-17(4-2)18-5-7-21(8-6-18)24(26)27-23-15-11-20(12-16-23)19-9-13-22(25)14-10-19/h9-18,21H,3-8H2,1-2H3. The summed E-state index contributed by atoms with van der Waals surface area (Å²) in [6.07, 6.45) is 6.61. The van der Waals surface area contributed by atoms with E-state index in [0.29, 0.717) is 5.75 Å². The fourth-order valence-electron chi connectivity index (χ4n) is 4.34. The highest BCUT2D eigenvalue weighted by Crippen LogP contribution is 2.36. The van der Waals surface area contributed by atoms with Gasteiger partial charge in [-0.15, -0.1) is 0 Å². The Morgan fingerprint density at radius 1 is 0.926 bits per heavy atom. The zero-order valence-corrected chi connectivity index (χ0v) is 16.3. The molecule has 0 aromatic heterocycles. The van der Waals surface area contributed by atoms with Crippen molar-refractivity contribution in [2.45, 2.75) is 52.4 Å². The van der Waals surface area contributed by atoms with Crippen LogP contribution in [0.1, 0.15) is 52.4 Å². The van der Waals surface area contributed by atoms with Crippen LogP contribution in [0, 0.1) is 23.6 Å². The molecule has 3 heteroatoms. The van der Waals surface area contributed by atoms with Crippen molar-refractivity contribution in [2.75, 3.05) is 0 Å². The van der Waals surface area contributed by atoms with Crippen molar-refractivity contribution in [1.29, 1.82) is 0 Å². The van der Waals surface area contributed by atoms with E-state index in [1.807, 2.05) is 24.3 Å². The maximum absolute atomic E-state index is 13.0. The van der Waals surface area contributed by atoms with Crippen LogP contribution in [0.25, 0.3) is 11.1 Å². The average Bonchev–Trinajstić information content (AvgIpc) is 2.71. The largest absolute Gasteiger partial charge is 0.426 e. The van der Waals surface area contributed by atoms with Gasteiger partial charge in [0.15, 0.2) is 0 Å². The molecule has 27 heavy (non-hydrogen) atoms. The molecule has 2 aromatic rings.